The van der Waals surface area contributed by atoms with Gasteiger partial charge >= 0.3 is 6.18 Å². The van der Waals surface area contributed by atoms with Crippen LogP contribution in [-0.2, 0) is 6.18 Å². The minimum Gasteiger partial charge on any atom is -0.368 e. The SMILES string of the molecule is Cc1nn(-c2cccc(C(F)(F)F)c2)c2sc(C(=O)N3CCN(c4ccccc4)CC3)cc12. The van der Waals surface area contributed by atoms with E-state index >= 15 is 0 Å². The summed E-state index contributed by atoms with van der Waals surface area (Å²) in [7, 11) is 0. The normalized spacial score (nSPS) is 14.8. The highest BCUT2D eigenvalue weighted by Crippen LogP contribution is 2.34. The number of thiophene rings is 1. The van der Waals surface area contributed by atoms with E-state index in [1.165, 1.54) is 22.1 Å². The molecular weight excluding hydrogens is 449 g/mol. The van der Waals surface area contributed by atoms with Crippen LogP contribution in [0.4, 0.5) is 18.9 Å². The molecular formula is C24H21F3N4OS. The van der Waals surface area contributed by atoms with Crippen LogP contribution in [0.15, 0.2) is 60.7 Å². The van der Waals surface area contributed by atoms with Gasteiger partial charge in [-0.3, -0.25) is 4.79 Å². The van der Waals surface area contributed by atoms with Crippen molar-refractivity contribution in [3.05, 3.63) is 76.8 Å². The molecule has 1 fully saturated rings. The van der Waals surface area contributed by atoms with E-state index in [0.29, 0.717) is 34.2 Å². The molecule has 2 aromatic heterocycles. The van der Waals surface area contributed by atoms with E-state index in [0.717, 1.165) is 36.3 Å². The first-order chi connectivity index (χ1) is 15.8. The number of halogens is 3. The number of alkyl halides is 3. The summed E-state index contributed by atoms with van der Waals surface area (Å²) in [5.41, 5.74) is 1.40. The molecule has 5 nitrogen and oxygen atoms in total. The predicted molar refractivity (Wildman–Crippen MR) is 123 cm³/mol. The van der Waals surface area contributed by atoms with Gasteiger partial charge in [0.05, 0.1) is 21.8 Å². The van der Waals surface area contributed by atoms with Crippen molar-refractivity contribution in [3.8, 4) is 5.69 Å². The number of hydrogen-bond donors (Lipinski definition) is 0. The molecule has 5 rings (SSSR count). The first-order valence-corrected chi connectivity index (χ1v) is 11.4. The van der Waals surface area contributed by atoms with Crippen molar-refractivity contribution in [2.75, 3.05) is 31.1 Å². The number of benzene rings is 2. The zero-order valence-corrected chi connectivity index (χ0v) is 18.7. The van der Waals surface area contributed by atoms with E-state index in [-0.39, 0.29) is 5.91 Å². The fourth-order valence-corrected chi connectivity index (χ4v) is 5.25. The Bertz CT molecular complexity index is 1300. The van der Waals surface area contributed by atoms with Crippen LogP contribution in [0.5, 0.6) is 0 Å². The van der Waals surface area contributed by atoms with Crippen LogP contribution < -0.4 is 4.90 Å². The van der Waals surface area contributed by atoms with Gasteiger partial charge in [0, 0.05) is 37.3 Å². The molecule has 2 aromatic carbocycles. The van der Waals surface area contributed by atoms with Crippen molar-refractivity contribution in [2.24, 2.45) is 0 Å². The molecule has 4 aromatic rings. The largest absolute Gasteiger partial charge is 0.416 e. The summed E-state index contributed by atoms with van der Waals surface area (Å²) >= 11 is 1.27. The van der Waals surface area contributed by atoms with Crippen molar-refractivity contribution in [1.29, 1.82) is 0 Å². The Morgan fingerprint density at radius 2 is 1.64 bits per heavy atom. The van der Waals surface area contributed by atoms with Crippen molar-refractivity contribution in [3.63, 3.8) is 0 Å². The molecule has 170 valence electrons. The molecule has 1 aliphatic rings. The Hall–Kier alpha value is -3.33. The third-order valence-electron chi connectivity index (χ3n) is 5.86. The van der Waals surface area contributed by atoms with Gasteiger partial charge in [-0.2, -0.15) is 18.3 Å². The average molecular weight is 471 g/mol. The third kappa shape index (κ3) is 4.08. The van der Waals surface area contributed by atoms with Crippen LogP contribution in [0, 0.1) is 6.92 Å². The maximum atomic E-state index is 13.2. The molecule has 1 aliphatic heterocycles. The van der Waals surface area contributed by atoms with E-state index in [1.807, 2.05) is 23.1 Å². The topological polar surface area (TPSA) is 41.4 Å². The number of fused-ring (bicyclic) bond motifs is 1. The van der Waals surface area contributed by atoms with Gasteiger partial charge in [0.25, 0.3) is 5.91 Å². The number of nitrogens with zero attached hydrogens (tertiary/aromatic N) is 4. The van der Waals surface area contributed by atoms with Crippen LogP contribution in [-0.4, -0.2) is 46.8 Å². The van der Waals surface area contributed by atoms with Crippen LogP contribution in [0.1, 0.15) is 20.9 Å². The van der Waals surface area contributed by atoms with Gasteiger partial charge in [0.15, 0.2) is 0 Å². The first kappa shape index (κ1) is 21.5. The molecule has 0 atom stereocenters. The molecule has 9 heteroatoms. The fraction of sp³-hybridized carbons (Fsp3) is 0.250. The van der Waals surface area contributed by atoms with Crippen LogP contribution in [0.25, 0.3) is 15.9 Å². The number of anilines is 1. The standard InChI is InChI=1S/C24H21F3N4OS/c1-16-20-15-21(22(32)30-12-10-29(11-13-30)18-7-3-2-4-8-18)33-23(20)31(28-16)19-9-5-6-17(14-19)24(25,26)27/h2-9,14-15H,10-13H2,1H3. The highest BCUT2D eigenvalue weighted by molar-refractivity contribution is 7.20. The molecule has 0 saturated carbocycles. The number of carbonyl (C=O) groups is 1. The second-order valence-corrected chi connectivity index (χ2v) is 9.02. The quantitative estimate of drug-likeness (QED) is 0.404. The first-order valence-electron chi connectivity index (χ1n) is 10.6. The number of carbonyl (C=O) groups excluding carboxylic acids is 1. The zero-order valence-electron chi connectivity index (χ0n) is 17.8. The number of piperazine rings is 1. The fourth-order valence-electron chi connectivity index (χ4n) is 4.10. The van der Waals surface area contributed by atoms with Crippen molar-refractivity contribution >= 4 is 33.1 Å². The highest BCUT2D eigenvalue weighted by atomic mass is 32.1. The van der Waals surface area contributed by atoms with Gasteiger partial charge in [-0.05, 0) is 43.3 Å². The maximum absolute atomic E-state index is 13.2. The summed E-state index contributed by atoms with van der Waals surface area (Å²) in [6.07, 6.45) is -4.43. The Kier molecular flexibility index (Phi) is 5.36. The van der Waals surface area contributed by atoms with E-state index in [2.05, 4.69) is 22.1 Å². The summed E-state index contributed by atoms with van der Waals surface area (Å²) < 4.78 is 41.0. The number of aryl methyl sites for hydroxylation is 1. The molecule has 0 unspecified atom stereocenters. The molecule has 1 saturated heterocycles. The number of hydrogen-bond acceptors (Lipinski definition) is 4. The van der Waals surface area contributed by atoms with Gasteiger partial charge in [-0.25, -0.2) is 4.68 Å². The maximum Gasteiger partial charge on any atom is 0.416 e. The Labute approximate surface area is 192 Å². The second-order valence-electron chi connectivity index (χ2n) is 7.99. The second kappa shape index (κ2) is 8.22. The van der Waals surface area contributed by atoms with Crippen molar-refractivity contribution in [1.82, 2.24) is 14.7 Å². The number of para-hydroxylation sites is 1. The molecule has 0 N–H and O–H groups in total. The van der Waals surface area contributed by atoms with Crippen molar-refractivity contribution in [2.45, 2.75) is 13.1 Å². The van der Waals surface area contributed by atoms with E-state index in [4.69, 9.17) is 0 Å². The Morgan fingerprint density at radius 1 is 0.939 bits per heavy atom. The third-order valence-corrected chi connectivity index (χ3v) is 6.96. The minimum absolute atomic E-state index is 0.0566. The lowest BCUT2D eigenvalue weighted by atomic mass is 10.2. The summed E-state index contributed by atoms with van der Waals surface area (Å²) in [6, 6.07) is 17.0. The Morgan fingerprint density at radius 3 is 2.33 bits per heavy atom. The lowest BCUT2D eigenvalue weighted by Crippen LogP contribution is -2.48. The summed E-state index contributed by atoms with van der Waals surface area (Å²) in [5, 5.41) is 5.21. The monoisotopic (exact) mass is 470 g/mol. The van der Waals surface area contributed by atoms with E-state index in [1.54, 1.807) is 19.1 Å². The van der Waals surface area contributed by atoms with Crippen molar-refractivity contribution < 1.29 is 18.0 Å². The summed E-state index contributed by atoms with van der Waals surface area (Å²) in [4.78, 5) is 18.5. The van der Waals surface area contributed by atoms with Gasteiger partial charge in [-0.15, -0.1) is 11.3 Å². The zero-order chi connectivity index (χ0) is 23.2. The summed E-state index contributed by atoms with van der Waals surface area (Å²) in [5.74, 6) is -0.0566. The number of rotatable bonds is 3. The lowest BCUT2D eigenvalue weighted by molar-refractivity contribution is -0.137. The predicted octanol–water partition coefficient (Wildman–Crippen LogP) is 5.38. The van der Waals surface area contributed by atoms with Crippen LogP contribution in [0.2, 0.25) is 0 Å². The molecule has 0 aliphatic carbocycles. The lowest BCUT2D eigenvalue weighted by Gasteiger charge is -2.35. The molecule has 33 heavy (non-hydrogen) atoms. The minimum atomic E-state index is -4.43. The van der Waals surface area contributed by atoms with Crippen LogP contribution in [0.3, 0.4) is 0 Å². The molecule has 0 radical (unpaired) electrons. The summed E-state index contributed by atoms with van der Waals surface area (Å²) in [6.45, 7) is 4.52. The van der Waals surface area contributed by atoms with E-state index in [9.17, 15) is 18.0 Å². The van der Waals surface area contributed by atoms with Gasteiger partial charge in [0.2, 0.25) is 0 Å². The molecule has 3 heterocycles. The molecule has 0 bridgehead atoms. The van der Waals surface area contributed by atoms with Gasteiger partial charge < -0.3 is 9.80 Å². The van der Waals surface area contributed by atoms with Gasteiger partial charge in [-0.1, -0.05) is 24.3 Å². The smallest absolute Gasteiger partial charge is 0.368 e. The average Bonchev–Trinajstić information content (AvgIpc) is 3.39. The highest BCUT2D eigenvalue weighted by Gasteiger charge is 2.31. The molecule has 0 spiro atoms. The van der Waals surface area contributed by atoms with Gasteiger partial charge in [0.1, 0.15) is 4.83 Å². The number of aromatic nitrogens is 2. The van der Waals surface area contributed by atoms with Crippen LogP contribution >= 0.6 is 11.3 Å². The number of amides is 1. The van der Waals surface area contributed by atoms with E-state index < -0.39 is 11.7 Å². The molecule has 1 amide bonds. The Balaban J connectivity index is 1.39.